The fraction of sp³-hybridized carbons (Fsp3) is 0.185. The number of aliphatic hydroxyl groups is 1. The molecule has 8 heteroatoms. The van der Waals surface area contributed by atoms with Crippen molar-refractivity contribution in [2.45, 2.75) is 26.1 Å². The molecule has 1 N–H and O–H groups in total. The molecule has 1 amide bonds. The summed E-state index contributed by atoms with van der Waals surface area (Å²) >= 11 is 0. The van der Waals surface area contributed by atoms with Crippen molar-refractivity contribution in [1.29, 1.82) is 0 Å². The second-order valence-electron chi connectivity index (χ2n) is 8.34. The molecule has 4 rings (SSSR count). The fourth-order valence-corrected chi connectivity index (χ4v) is 4.24. The number of ether oxygens (including phenoxy) is 1. The van der Waals surface area contributed by atoms with E-state index >= 15 is 0 Å². The van der Waals surface area contributed by atoms with Gasteiger partial charge in [-0.15, -0.1) is 0 Å². The molecule has 180 valence electrons. The lowest BCUT2D eigenvalue weighted by atomic mass is 9.93. The van der Waals surface area contributed by atoms with Crippen molar-refractivity contribution in [3.63, 3.8) is 0 Å². The maximum atomic E-state index is 13.4. The number of ketones is 1. The number of carbonyl (C=O) groups is 2. The summed E-state index contributed by atoms with van der Waals surface area (Å²) in [5.74, 6) is -2.23. The van der Waals surface area contributed by atoms with Crippen LogP contribution in [0.15, 0.2) is 72.3 Å². The van der Waals surface area contributed by atoms with Crippen LogP contribution >= 0.6 is 0 Å². The van der Waals surface area contributed by atoms with Crippen LogP contribution in [0.25, 0.3) is 5.76 Å². The van der Waals surface area contributed by atoms with E-state index in [2.05, 4.69) is 0 Å². The first kappa shape index (κ1) is 24.1. The van der Waals surface area contributed by atoms with E-state index in [1.807, 2.05) is 13.0 Å². The number of anilines is 1. The molecule has 1 heterocycles. The van der Waals surface area contributed by atoms with Crippen LogP contribution in [0.4, 0.5) is 18.9 Å². The van der Waals surface area contributed by atoms with E-state index in [1.165, 1.54) is 19.2 Å². The molecule has 0 aliphatic carbocycles. The Kier molecular flexibility index (Phi) is 6.15. The Morgan fingerprint density at radius 3 is 2.29 bits per heavy atom. The van der Waals surface area contributed by atoms with Gasteiger partial charge in [0, 0.05) is 5.69 Å². The summed E-state index contributed by atoms with van der Waals surface area (Å²) in [6.45, 7) is 3.60. The number of nitrogens with zero attached hydrogens (tertiary/aromatic N) is 1. The number of benzene rings is 3. The summed E-state index contributed by atoms with van der Waals surface area (Å²) in [5.41, 5.74) is 0.949. The summed E-state index contributed by atoms with van der Waals surface area (Å²) < 4.78 is 45.6. The molecule has 1 saturated heterocycles. The lowest BCUT2D eigenvalue weighted by molar-refractivity contribution is -0.137. The monoisotopic (exact) mass is 481 g/mol. The minimum atomic E-state index is -4.64. The lowest BCUT2D eigenvalue weighted by Crippen LogP contribution is -2.29. The van der Waals surface area contributed by atoms with Gasteiger partial charge in [0.2, 0.25) is 0 Å². The zero-order valence-corrected chi connectivity index (χ0v) is 19.2. The molecular formula is C27H22F3NO4. The average Bonchev–Trinajstić information content (AvgIpc) is 3.08. The molecule has 0 bridgehead atoms. The standard InChI is InChI=1S/C27H22F3NO4/c1-15-6-4-7-17(12-15)23-22(24(32)20-13-16(2)10-11-21(20)35-3)25(33)26(34)31(23)19-9-5-8-18(14-19)27(28,29)30/h4-14,23,32H,1-3H3/b24-22+. The molecule has 1 unspecified atom stereocenters. The van der Waals surface area contributed by atoms with Crippen molar-refractivity contribution in [3.8, 4) is 5.75 Å². The highest BCUT2D eigenvalue weighted by Gasteiger charge is 2.47. The second kappa shape index (κ2) is 8.94. The fourth-order valence-electron chi connectivity index (χ4n) is 4.24. The van der Waals surface area contributed by atoms with Crippen molar-refractivity contribution in [1.82, 2.24) is 0 Å². The number of aliphatic hydroxyl groups excluding tert-OH is 1. The highest BCUT2D eigenvalue weighted by molar-refractivity contribution is 6.51. The maximum absolute atomic E-state index is 13.4. The van der Waals surface area contributed by atoms with E-state index in [0.29, 0.717) is 5.56 Å². The minimum absolute atomic E-state index is 0.108. The van der Waals surface area contributed by atoms with Crippen LogP contribution in [-0.2, 0) is 15.8 Å². The van der Waals surface area contributed by atoms with Gasteiger partial charge >= 0.3 is 6.18 Å². The largest absolute Gasteiger partial charge is 0.507 e. The number of methoxy groups -OCH3 is 1. The quantitative estimate of drug-likeness (QED) is 0.284. The van der Waals surface area contributed by atoms with Gasteiger partial charge in [0.05, 0.1) is 29.9 Å². The first-order chi connectivity index (χ1) is 16.5. The van der Waals surface area contributed by atoms with E-state index in [-0.39, 0.29) is 22.6 Å². The number of hydrogen-bond donors (Lipinski definition) is 1. The van der Waals surface area contributed by atoms with Crippen LogP contribution < -0.4 is 9.64 Å². The smallest absolute Gasteiger partial charge is 0.416 e. The molecule has 1 aliphatic heterocycles. The molecule has 35 heavy (non-hydrogen) atoms. The van der Waals surface area contributed by atoms with Gasteiger partial charge in [0.25, 0.3) is 11.7 Å². The summed E-state index contributed by atoms with van der Waals surface area (Å²) in [4.78, 5) is 27.5. The minimum Gasteiger partial charge on any atom is -0.507 e. The Bertz CT molecular complexity index is 1360. The Morgan fingerprint density at radius 2 is 1.63 bits per heavy atom. The molecule has 1 aliphatic rings. The van der Waals surface area contributed by atoms with Gasteiger partial charge in [0.1, 0.15) is 11.5 Å². The Labute approximate surface area is 200 Å². The van der Waals surface area contributed by atoms with E-state index in [0.717, 1.165) is 28.2 Å². The van der Waals surface area contributed by atoms with E-state index < -0.39 is 35.2 Å². The Hall–Kier alpha value is -4.07. The van der Waals surface area contributed by atoms with Crippen molar-refractivity contribution < 1.29 is 32.6 Å². The molecule has 0 aromatic heterocycles. The van der Waals surface area contributed by atoms with Gasteiger partial charge < -0.3 is 9.84 Å². The van der Waals surface area contributed by atoms with E-state index in [4.69, 9.17) is 4.74 Å². The molecular weight excluding hydrogens is 459 g/mol. The zero-order valence-electron chi connectivity index (χ0n) is 19.2. The van der Waals surface area contributed by atoms with Gasteiger partial charge in [-0.05, 0) is 49.7 Å². The highest BCUT2D eigenvalue weighted by Crippen LogP contribution is 2.44. The highest BCUT2D eigenvalue weighted by atomic mass is 19.4. The number of amides is 1. The van der Waals surface area contributed by atoms with Crippen LogP contribution in [0.5, 0.6) is 5.75 Å². The number of alkyl halides is 3. The summed E-state index contributed by atoms with van der Waals surface area (Å²) in [6.07, 6.45) is -4.64. The molecule has 1 atom stereocenters. The third-order valence-electron chi connectivity index (χ3n) is 5.86. The summed E-state index contributed by atoms with van der Waals surface area (Å²) in [5, 5.41) is 11.3. The van der Waals surface area contributed by atoms with Gasteiger partial charge in [-0.2, -0.15) is 13.2 Å². The Balaban J connectivity index is 2.00. The SMILES string of the molecule is COc1ccc(C)cc1/C(O)=C1\C(=O)C(=O)N(c2cccc(C(F)(F)F)c2)C1c1cccc(C)c1. The van der Waals surface area contributed by atoms with Gasteiger partial charge in [-0.3, -0.25) is 14.5 Å². The third-order valence-corrected chi connectivity index (χ3v) is 5.86. The first-order valence-corrected chi connectivity index (χ1v) is 10.7. The van der Waals surface area contributed by atoms with Crippen molar-refractivity contribution in [2.24, 2.45) is 0 Å². The van der Waals surface area contributed by atoms with E-state index in [9.17, 15) is 27.9 Å². The van der Waals surface area contributed by atoms with Crippen molar-refractivity contribution >= 4 is 23.1 Å². The number of halogens is 3. The lowest BCUT2D eigenvalue weighted by Gasteiger charge is -2.26. The van der Waals surface area contributed by atoms with Crippen molar-refractivity contribution in [2.75, 3.05) is 12.0 Å². The van der Waals surface area contributed by atoms with Gasteiger partial charge in [0.15, 0.2) is 0 Å². The topological polar surface area (TPSA) is 66.8 Å². The number of rotatable bonds is 4. The van der Waals surface area contributed by atoms with Gasteiger partial charge in [-0.25, -0.2) is 0 Å². The number of carbonyl (C=O) groups excluding carboxylic acids is 2. The van der Waals surface area contributed by atoms with Crippen LogP contribution in [0.2, 0.25) is 0 Å². The van der Waals surface area contributed by atoms with Crippen LogP contribution in [0.1, 0.15) is 33.9 Å². The molecule has 1 fully saturated rings. The number of Topliss-reactive ketones (excluding diaryl/α,β-unsaturated/α-hetero) is 1. The molecule has 0 spiro atoms. The molecule has 3 aromatic carbocycles. The van der Waals surface area contributed by atoms with Gasteiger partial charge in [-0.1, -0.05) is 47.5 Å². The summed E-state index contributed by atoms with van der Waals surface area (Å²) in [7, 11) is 1.40. The second-order valence-corrected chi connectivity index (χ2v) is 8.34. The molecule has 5 nitrogen and oxygen atoms in total. The first-order valence-electron chi connectivity index (χ1n) is 10.7. The number of hydrogen-bond acceptors (Lipinski definition) is 4. The molecule has 0 saturated carbocycles. The van der Waals surface area contributed by atoms with Crippen LogP contribution in [-0.4, -0.2) is 23.9 Å². The average molecular weight is 481 g/mol. The van der Waals surface area contributed by atoms with E-state index in [1.54, 1.807) is 43.3 Å². The zero-order chi connectivity index (χ0) is 25.5. The molecule has 0 radical (unpaired) electrons. The van der Waals surface area contributed by atoms with Crippen LogP contribution in [0.3, 0.4) is 0 Å². The number of aryl methyl sites for hydroxylation is 2. The normalized spacial score (nSPS) is 17.7. The predicted molar refractivity (Wildman–Crippen MR) is 125 cm³/mol. The predicted octanol–water partition coefficient (Wildman–Crippen LogP) is 5.96. The summed E-state index contributed by atoms with van der Waals surface area (Å²) in [6, 6.07) is 15.0. The van der Waals surface area contributed by atoms with Crippen molar-refractivity contribution in [3.05, 3.63) is 100 Å². The molecule has 3 aromatic rings. The van der Waals surface area contributed by atoms with Crippen LogP contribution in [0, 0.1) is 13.8 Å². The third kappa shape index (κ3) is 4.39. The maximum Gasteiger partial charge on any atom is 0.416 e. The Morgan fingerprint density at radius 1 is 0.943 bits per heavy atom.